The first kappa shape index (κ1) is 15.8. The Labute approximate surface area is 114 Å². The van der Waals surface area contributed by atoms with E-state index in [2.05, 4.69) is 5.32 Å². The van der Waals surface area contributed by atoms with Gasteiger partial charge < -0.3 is 15.5 Å². The quantitative estimate of drug-likeness (QED) is 0.690. The molecule has 1 rings (SSSR count). The monoisotopic (exact) mass is 275 g/mol. The normalized spacial score (nSPS) is 31.9. The van der Waals surface area contributed by atoms with Gasteiger partial charge in [-0.25, -0.2) is 0 Å². The zero-order valence-corrected chi connectivity index (χ0v) is 12.3. The zero-order chi connectivity index (χ0) is 13.8. The van der Waals surface area contributed by atoms with Crippen LogP contribution in [0.3, 0.4) is 0 Å². The molecule has 0 radical (unpaired) electrons. The maximum Gasteiger partial charge on any atom is 0.323 e. The Morgan fingerprint density at radius 3 is 2.72 bits per heavy atom. The summed E-state index contributed by atoms with van der Waals surface area (Å²) in [6.45, 7) is 6.41. The van der Waals surface area contributed by atoms with Gasteiger partial charge in [0, 0.05) is 10.5 Å². The standard InChI is InChI=1S/C13H25NO3S/c1-4-14-13(12(16)17)7-5-6-11(8-13)18-10(3)9(2)15/h9-11,14-15H,4-8H2,1-3H3,(H,16,17). The number of rotatable bonds is 6. The van der Waals surface area contributed by atoms with Crippen LogP contribution in [0.15, 0.2) is 0 Å². The number of aliphatic hydroxyl groups excluding tert-OH is 1. The summed E-state index contributed by atoms with van der Waals surface area (Å²) in [5.74, 6) is -0.737. The fourth-order valence-electron chi connectivity index (χ4n) is 2.53. The Kier molecular flexibility index (Phi) is 5.95. The molecule has 1 fully saturated rings. The van der Waals surface area contributed by atoms with Crippen molar-refractivity contribution in [1.29, 1.82) is 0 Å². The van der Waals surface area contributed by atoms with Crippen molar-refractivity contribution in [1.82, 2.24) is 5.32 Å². The van der Waals surface area contributed by atoms with Crippen molar-refractivity contribution in [3.63, 3.8) is 0 Å². The molecule has 0 aromatic rings. The van der Waals surface area contributed by atoms with E-state index in [1.807, 2.05) is 13.8 Å². The van der Waals surface area contributed by atoms with Gasteiger partial charge in [-0.1, -0.05) is 13.8 Å². The summed E-state index contributed by atoms with van der Waals surface area (Å²) >= 11 is 1.72. The number of nitrogens with one attached hydrogen (secondary N) is 1. The third-order valence-electron chi connectivity index (χ3n) is 3.72. The molecule has 0 amide bonds. The van der Waals surface area contributed by atoms with E-state index in [-0.39, 0.29) is 11.4 Å². The van der Waals surface area contributed by atoms with E-state index in [1.165, 1.54) is 0 Å². The number of aliphatic carboxylic acids is 1. The molecule has 5 heteroatoms. The highest BCUT2D eigenvalue weighted by atomic mass is 32.2. The molecule has 0 saturated heterocycles. The molecule has 0 aromatic carbocycles. The van der Waals surface area contributed by atoms with Gasteiger partial charge in [-0.05, 0) is 39.2 Å². The maximum absolute atomic E-state index is 11.5. The summed E-state index contributed by atoms with van der Waals surface area (Å²) in [6, 6.07) is 0. The molecule has 0 aromatic heterocycles. The molecular weight excluding hydrogens is 250 g/mol. The number of carboxylic acid groups (broad SMARTS) is 1. The van der Waals surface area contributed by atoms with E-state index in [0.29, 0.717) is 24.6 Å². The average Bonchev–Trinajstić information content (AvgIpc) is 2.29. The number of aliphatic hydroxyl groups is 1. The Hall–Kier alpha value is -0.260. The second-order valence-corrected chi connectivity index (χ2v) is 6.90. The van der Waals surface area contributed by atoms with Crippen LogP contribution in [0.5, 0.6) is 0 Å². The summed E-state index contributed by atoms with van der Waals surface area (Å²) in [5.41, 5.74) is -0.761. The zero-order valence-electron chi connectivity index (χ0n) is 11.5. The van der Waals surface area contributed by atoms with E-state index < -0.39 is 11.5 Å². The molecule has 0 spiro atoms. The molecular formula is C13H25NO3S. The molecule has 4 unspecified atom stereocenters. The number of thioether (sulfide) groups is 1. The number of carboxylic acids is 1. The second-order valence-electron chi connectivity index (χ2n) is 5.22. The summed E-state index contributed by atoms with van der Waals surface area (Å²) in [7, 11) is 0. The molecule has 4 nitrogen and oxygen atoms in total. The lowest BCUT2D eigenvalue weighted by molar-refractivity contribution is -0.146. The highest BCUT2D eigenvalue weighted by Crippen LogP contribution is 2.37. The van der Waals surface area contributed by atoms with Gasteiger partial charge in [0.1, 0.15) is 5.54 Å². The molecule has 0 heterocycles. The maximum atomic E-state index is 11.5. The third-order valence-corrected chi connectivity index (χ3v) is 5.33. The van der Waals surface area contributed by atoms with Gasteiger partial charge in [0.25, 0.3) is 0 Å². The minimum Gasteiger partial charge on any atom is -0.480 e. The number of hydrogen-bond donors (Lipinski definition) is 3. The van der Waals surface area contributed by atoms with Gasteiger partial charge in [0.2, 0.25) is 0 Å². The Morgan fingerprint density at radius 2 is 2.22 bits per heavy atom. The van der Waals surface area contributed by atoms with Crippen LogP contribution < -0.4 is 5.32 Å². The number of hydrogen-bond acceptors (Lipinski definition) is 4. The van der Waals surface area contributed by atoms with Gasteiger partial charge in [0.15, 0.2) is 0 Å². The number of likely N-dealkylation sites (N-methyl/N-ethyl adjacent to an activating group) is 1. The molecule has 1 aliphatic carbocycles. The molecule has 1 saturated carbocycles. The fraction of sp³-hybridized carbons (Fsp3) is 0.923. The molecule has 4 atom stereocenters. The van der Waals surface area contributed by atoms with Crippen LogP contribution in [-0.2, 0) is 4.79 Å². The summed E-state index contributed by atoms with van der Waals surface area (Å²) in [4.78, 5) is 11.5. The van der Waals surface area contributed by atoms with Crippen molar-refractivity contribution in [2.45, 2.75) is 68.6 Å². The molecule has 3 N–H and O–H groups in total. The lowest BCUT2D eigenvalue weighted by Gasteiger charge is -2.39. The Morgan fingerprint density at radius 1 is 1.56 bits per heavy atom. The molecule has 1 aliphatic rings. The van der Waals surface area contributed by atoms with Crippen LogP contribution in [0, 0.1) is 0 Å². The lowest BCUT2D eigenvalue weighted by Crippen LogP contribution is -2.55. The smallest absolute Gasteiger partial charge is 0.323 e. The van der Waals surface area contributed by atoms with Crippen molar-refractivity contribution in [3.05, 3.63) is 0 Å². The van der Waals surface area contributed by atoms with Crippen LogP contribution in [0.1, 0.15) is 46.5 Å². The third kappa shape index (κ3) is 3.87. The van der Waals surface area contributed by atoms with Gasteiger partial charge in [0.05, 0.1) is 6.10 Å². The number of carbonyl (C=O) groups is 1. The highest BCUT2D eigenvalue weighted by molar-refractivity contribution is 8.00. The SMILES string of the molecule is CCNC1(C(=O)O)CCCC(SC(C)C(C)O)C1. The van der Waals surface area contributed by atoms with Crippen molar-refractivity contribution < 1.29 is 15.0 Å². The van der Waals surface area contributed by atoms with Crippen molar-refractivity contribution in [2.24, 2.45) is 0 Å². The van der Waals surface area contributed by atoms with Crippen LogP contribution in [0.25, 0.3) is 0 Å². The van der Waals surface area contributed by atoms with Crippen molar-refractivity contribution >= 4 is 17.7 Å². The van der Waals surface area contributed by atoms with E-state index in [0.717, 1.165) is 12.8 Å². The van der Waals surface area contributed by atoms with Crippen LogP contribution in [0.4, 0.5) is 0 Å². The van der Waals surface area contributed by atoms with Crippen LogP contribution in [0.2, 0.25) is 0 Å². The molecule has 18 heavy (non-hydrogen) atoms. The Balaban J connectivity index is 2.66. The van der Waals surface area contributed by atoms with Gasteiger partial charge in [-0.3, -0.25) is 4.79 Å². The fourth-order valence-corrected chi connectivity index (χ4v) is 4.04. The first-order chi connectivity index (χ1) is 8.41. The predicted octanol–water partition coefficient (Wildman–Crippen LogP) is 1.86. The minimum absolute atomic E-state index is 0.154. The van der Waals surface area contributed by atoms with E-state index in [1.54, 1.807) is 18.7 Å². The summed E-state index contributed by atoms with van der Waals surface area (Å²) < 4.78 is 0. The molecule has 0 bridgehead atoms. The first-order valence-electron chi connectivity index (χ1n) is 6.73. The molecule has 106 valence electrons. The average molecular weight is 275 g/mol. The second kappa shape index (κ2) is 6.78. The van der Waals surface area contributed by atoms with E-state index in [4.69, 9.17) is 0 Å². The van der Waals surface area contributed by atoms with Gasteiger partial charge in [-0.2, -0.15) is 11.8 Å². The van der Waals surface area contributed by atoms with Crippen molar-refractivity contribution in [3.8, 4) is 0 Å². The molecule has 0 aliphatic heterocycles. The summed E-state index contributed by atoms with van der Waals surface area (Å²) in [5, 5.41) is 22.6. The van der Waals surface area contributed by atoms with Crippen molar-refractivity contribution in [2.75, 3.05) is 6.54 Å². The van der Waals surface area contributed by atoms with E-state index in [9.17, 15) is 15.0 Å². The van der Waals surface area contributed by atoms with Crippen LogP contribution in [-0.4, -0.2) is 44.9 Å². The predicted molar refractivity (Wildman–Crippen MR) is 75.0 cm³/mol. The first-order valence-corrected chi connectivity index (χ1v) is 7.67. The summed E-state index contributed by atoms with van der Waals surface area (Å²) in [6.07, 6.45) is 2.98. The lowest BCUT2D eigenvalue weighted by atomic mass is 9.81. The van der Waals surface area contributed by atoms with Gasteiger partial charge in [-0.15, -0.1) is 0 Å². The Bertz CT molecular complexity index is 281. The minimum atomic E-state index is -0.761. The highest BCUT2D eigenvalue weighted by Gasteiger charge is 2.42. The van der Waals surface area contributed by atoms with Gasteiger partial charge >= 0.3 is 5.97 Å². The van der Waals surface area contributed by atoms with E-state index >= 15 is 0 Å². The largest absolute Gasteiger partial charge is 0.480 e. The topological polar surface area (TPSA) is 69.6 Å². The van der Waals surface area contributed by atoms with Crippen LogP contribution >= 0.6 is 11.8 Å².